The summed E-state index contributed by atoms with van der Waals surface area (Å²) in [7, 11) is 1.93. The maximum atomic E-state index is 6.24. The monoisotopic (exact) mass is 309 g/mol. The van der Waals surface area contributed by atoms with Gasteiger partial charge in [-0.2, -0.15) is 15.3 Å². The van der Waals surface area contributed by atoms with Crippen molar-refractivity contribution in [2.75, 3.05) is 11.4 Å². The van der Waals surface area contributed by atoms with Gasteiger partial charge in [0.15, 0.2) is 5.82 Å². The second-order valence-corrected chi connectivity index (χ2v) is 6.01. The van der Waals surface area contributed by atoms with E-state index < -0.39 is 0 Å². The van der Waals surface area contributed by atoms with Crippen LogP contribution in [0.4, 0.5) is 5.82 Å². The molecular weight excluding hydrogens is 290 g/mol. The molecule has 1 fully saturated rings. The molecule has 0 bridgehead atoms. The first kappa shape index (κ1) is 14.1. The van der Waals surface area contributed by atoms with E-state index in [2.05, 4.69) is 25.2 Å². The second-order valence-electron chi connectivity index (χ2n) is 6.01. The Morgan fingerprint density at radius 1 is 1.30 bits per heavy atom. The Hall–Kier alpha value is -2.54. The first-order chi connectivity index (χ1) is 11.2. The lowest BCUT2D eigenvalue weighted by atomic mass is 9.93. The molecule has 1 aliphatic heterocycles. The Kier molecular flexibility index (Phi) is 3.42. The standard InChI is InChI=1S/C16H19N7/c1-22-7-5-15(21-22)23-8-4-11(17)9-14(23)16-12-3-2-6-18-13(12)10-19-20-16/h2-3,5-7,10-11,14H,4,8-9,17H2,1H3. The summed E-state index contributed by atoms with van der Waals surface area (Å²) < 4.78 is 1.82. The van der Waals surface area contributed by atoms with Crippen molar-refractivity contribution in [2.45, 2.75) is 24.9 Å². The van der Waals surface area contributed by atoms with Gasteiger partial charge in [0, 0.05) is 43.5 Å². The smallest absolute Gasteiger partial charge is 0.151 e. The van der Waals surface area contributed by atoms with Gasteiger partial charge < -0.3 is 10.6 Å². The molecule has 4 heterocycles. The van der Waals surface area contributed by atoms with Gasteiger partial charge >= 0.3 is 0 Å². The maximum Gasteiger partial charge on any atom is 0.151 e. The van der Waals surface area contributed by atoms with Gasteiger partial charge in [-0.3, -0.25) is 9.67 Å². The quantitative estimate of drug-likeness (QED) is 0.770. The lowest BCUT2D eigenvalue weighted by Crippen LogP contribution is -2.43. The highest BCUT2D eigenvalue weighted by Gasteiger charge is 2.31. The molecule has 0 amide bonds. The molecule has 0 aliphatic carbocycles. The van der Waals surface area contributed by atoms with E-state index in [4.69, 9.17) is 5.73 Å². The van der Waals surface area contributed by atoms with Gasteiger partial charge in [-0.05, 0) is 25.0 Å². The van der Waals surface area contributed by atoms with Crippen LogP contribution >= 0.6 is 0 Å². The summed E-state index contributed by atoms with van der Waals surface area (Å²) in [6.07, 6.45) is 7.21. The molecule has 0 spiro atoms. The lowest BCUT2D eigenvalue weighted by Gasteiger charge is -2.38. The second kappa shape index (κ2) is 5.58. The van der Waals surface area contributed by atoms with E-state index in [1.807, 2.05) is 36.1 Å². The fraction of sp³-hybridized carbons (Fsp3) is 0.375. The third kappa shape index (κ3) is 2.53. The van der Waals surface area contributed by atoms with Crippen molar-refractivity contribution >= 4 is 16.7 Å². The van der Waals surface area contributed by atoms with E-state index in [0.717, 1.165) is 41.8 Å². The molecule has 0 saturated carbocycles. The topological polar surface area (TPSA) is 85.8 Å². The van der Waals surface area contributed by atoms with Gasteiger partial charge in [-0.1, -0.05) is 0 Å². The maximum absolute atomic E-state index is 6.24. The zero-order chi connectivity index (χ0) is 15.8. The molecule has 1 saturated heterocycles. The molecule has 2 unspecified atom stereocenters. The number of fused-ring (bicyclic) bond motifs is 1. The molecule has 0 aromatic carbocycles. The van der Waals surface area contributed by atoms with Gasteiger partial charge in [0.1, 0.15) is 0 Å². The number of rotatable bonds is 2. The minimum absolute atomic E-state index is 0.0639. The van der Waals surface area contributed by atoms with Crippen molar-refractivity contribution in [3.8, 4) is 0 Å². The van der Waals surface area contributed by atoms with E-state index in [-0.39, 0.29) is 12.1 Å². The van der Waals surface area contributed by atoms with E-state index in [0.29, 0.717) is 0 Å². The molecule has 7 heteroatoms. The molecule has 1 aliphatic rings. The van der Waals surface area contributed by atoms with Crippen LogP contribution < -0.4 is 10.6 Å². The fourth-order valence-electron chi connectivity index (χ4n) is 3.26. The Bertz CT molecular complexity index is 823. The van der Waals surface area contributed by atoms with Crippen LogP contribution in [0.5, 0.6) is 0 Å². The summed E-state index contributed by atoms with van der Waals surface area (Å²) >= 11 is 0. The van der Waals surface area contributed by atoms with Gasteiger partial charge in [0.05, 0.1) is 23.4 Å². The summed E-state index contributed by atoms with van der Waals surface area (Å²) in [5, 5.41) is 14.1. The number of nitrogens with two attached hydrogens (primary N) is 1. The number of piperidine rings is 1. The van der Waals surface area contributed by atoms with Crippen LogP contribution in [-0.4, -0.2) is 37.5 Å². The van der Waals surface area contributed by atoms with Crippen LogP contribution in [0.1, 0.15) is 24.6 Å². The Morgan fingerprint density at radius 2 is 2.22 bits per heavy atom. The van der Waals surface area contributed by atoms with E-state index in [9.17, 15) is 0 Å². The van der Waals surface area contributed by atoms with Gasteiger partial charge in [-0.25, -0.2) is 0 Å². The normalized spacial score (nSPS) is 21.7. The van der Waals surface area contributed by atoms with Crippen LogP contribution in [-0.2, 0) is 7.05 Å². The Morgan fingerprint density at radius 3 is 3.04 bits per heavy atom. The average molecular weight is 309 g/mol. The number of anilines is 1. The number of hydrogen-bond donors (Lipinski definition) is 1. The molecule has 3 aromatic heterocycles. The third-order valence-electron chi connectivity index (χ3n) is 4.41. The highest BCUT2D eigenvalue weighted by molar-refractivity contribution is 5.80. The molecule has 2 atom stereocenters. The number of aromatic nitrogens is 5. The summed E-state index contributed by atoms with van der Waals surface area (Å²) in [6, 6.07) is 6.23. The van der Waals surface area contributed by atoms with E-state index in [1.165, 1.54) is 0 Å². The summed E-state index contributed by atoms with van der Waals surface area (Å²) in [5.74, 6) is 0.951. The van der Waals surface area contributed by atoms with Crippen LogP contribution in [0.3, 0.4) is 0 Å². The van der Waals surface area contributed by atoms with Gasteiger partial charge in [-0.15, -0.1) is 0 Å². The molecule has 3 aromatic rings. The highest BCUT2D eigenvalue weighted by atomic mass is 15.4. The summed E-state index contributed by atoms with van der Waals surface area (Å²) in [5.41, 5.74) is 8.02. The van der Waals surface area contributed by atoms with E-state index >= 15 is 0 Å². The molecule has 23 heavy (non-hydrogen) atoms. The lowest BCUT2D eigenvalue weighted by molar-refractivity contribution is 0.410. The summed E-state index contributed by atoms with van der Waals surface area (Å²) in [6.45, 7) is 0.862. The van der Waals surface area contributed by atoms with Crippen molar-refractivity contribution in [2.24, 2.45) is 12.8 Å². The summed E-state index contributed by atoms with van der Waals surface area (Å²) in [4.78, 5) is 6.66. The van der Waals surface area contributed by atoms with Crippen molar-refractivity contribution in [3.05, 3.63) is 42.5 Å². The fourth-order valence-corrected chi connectivity index (χ4v) is 3.26. The average Bonchev–Trinajstić information content (AvgIpc) is 3.00. The van der Waals surface area contributed by atoms with Gasteiger partial charge in [0.25, 0.3) is 0 Å². The molecule has 0 radical (unpaired) electrons. The molecule has 4 rings (SSSR count). The van der Waals surface area contributed by atoms with Crippen LogP contribution in [0.2, 0.25) is 0 Å². The molecular formula is C16H19N7. The predicted octanol–water partition coefficient (Wildman–Crippen LogP) is 1.43. The largest absolute Gasteiger partial charge is 0.346 e. The Balaban J connectivity index is 1.81. The van der Waals surface area contributed by atoms with Crippen LogP contribution in [0.25, 0.3) is 10.9 Å². The number of aryl methyl sites for hydroxylation is 1. The number of pyridine rings is 1. The third-order valence-corrected chi connectivity index (χ3v) is 4.41. The molecule has 2 N–H and O–H groups in total. The van der Waals surface area contributed by atoms with Crippen LogP contribution in [0.15, 0.2) is 36.8 Å². The highest BCUT2D eigenvalue weighted by Crippen LogP contribution is 2.35. The number of nitrogens with zero attached hydrogens (tertiary/aromatic N) is 6. The SMILES string of the molecule is Cn1ccc(N2CCC(N)CC2c2nncc3ncccc23)n1. The van der Waals surface area contributed by atoms with E-state index in [1.54, 1.807) is 12.4 Å². The van der Waals surface area contributed by atoms with Crippen molar-refractivity contribution in [1.29, 1.82) is 0 Å². The molecule has 7 nitrogen and oxygen atoms in total. The minimum atomic E-state index is 0.0639. The Labute approximate surface area is 134 Å². The first-order valence-electron chi connectivity index (χ1n) is 7.80. The zero-order valence-electron chi connectivity index (χ0n) is 13.0. The van der Waals surface area contributed by atoms with Crippen molar-refractivity contribution < 1.29 is 0 Å². The first-order valence-corrected chi connectivity index (χ1v) is 7.80. The van der Waals surface area contributed by atoms with Crippen molar-refractivity contribution in [1.82, 2.24) is 25.0 Å². The minimum Gasteiger partial charge on any atom is -0.346 e. The number of hydrogen-bond acceptors (Lipinski definition) is 6. The van der Waals surface area contributed by atoms with Crippen LogP contribution in [0, 0.1) is 0 Å². The zero-order valence-corrected chi connectivity index (χ0v) is 13.0. The predicted molar refractivity (Wildman–Crippen MR) is 87.8 cm³/mol. The van der Waals surface area contributed by atoms with Crippen molar-refractivity contribution in [3.63, 3.8) is 0 Å². The van der Waals surface area contributed by atoms with Gasteiger partial charge in [0.2, 0.25) is 0 Å². The molecule has 118 valence electrons.